The van der Waals surface area contributed by atoms with Gasteiger partial charge in [0.25, 0.3) is 0 Å². The first-order chi connectivity index (χ1) is 8.74. The average molecular weight is 249 g/mol. The van der Waals surface area contributed by atoms with Crippen molar-refractivity contribution in [2.24, 2.45) is 11.7 Å². The molecule has 2 N–H and O–H groups in total. The van der Waals surface area contributed by atoms with E-state index in [9.17, 15) is 0 Å². The van der Waals surface area contributed by atoms with Crippen LogP contribution in [0.15, 0.2) is 18.2 Å². The molecule has 3 heteroatoms. The van der Waals surface area contributed by atoms with Gasteiger partial charge in [0.1, 0.15) is 11.5 Å². The fourth-order valence-corrected chi connectivity index (χ4v) is 2.79. The topological polar surface area (TPSA) is 44.5 Å². The Hall–Kier alpha value is -1.22. The van der Waals surface area contributed by atoms with E-state index in [1.54, 1.807) is 14.2 Å². The minimum absolute atomic E-state index is 0.338. The minimum Gasteiger partial charge on any atom is -0.497 e. The van der Waals surface area contributed by atoms with Crippen molar-refractivity contribution < 1.29 is 9.47 Å². The van der Waals surface area contributed by atoms with Crippen LogP contribution in [0.2, 0.25) is 0 Å². The predicted octanol–water partition coefficient (Wildman–Crippen LogP) is 2.76. The van der Waals surface area contributed by atoms with Crippen molar-refractivity contribution in [3.63, 3.8) is 0 Å². The van der Waals surface area contributed by atoms with E-state index in [0.29, 0.717) is 12.0 Å². The lowest BCUT2D eigenvalue weighted by Gasteiger charge is -2.29. The molecule has 0 radical (unpaired) electrons. The second-order valence-electron chi connectivity index (χ2n) is 5.09. The van der Waals surface area contributed by atoms with Crippen LogP contribution in [-0.2, 0) is 6.42 Å². The summed E-state index contributed by atoms with van der Waals surface area (Å²) in [7, 11) is 3.38. The summed E-state index contributed by atoms with van der Waals surface area (Å²) in [5.74, 6) is 2.33. The number of hydrogen-bond acceptors (Lipinski definition) is 3. The number of benzene rings is 1. The maximum absolute atomic E-state index is 6.21. The molecule has 0 saturated heterocycles. The van der Waals surface area contributed by atoms with Crippen molar-refractivity contribution in [1.82, 2.24) is 0 Å². The van der Waals surface area contributed by atoms with Gasteiger partial charge in [0.05, 0.1) is 14.2 Å². The molecule has 2 unspecified atom stereocenters. The molecule has 2 rings (SSSR count). The van der Waals surface area contributed by atoms with Gasteiger partial charge in [-0.1, -0.05) is 18.9 Å². The van der Waals surface area contributed by atoms with Gasteiger partial charge in [0, 0.05) is 12.1 Å². The lowest BCUT2D eigenvalue weighted by Crippen LogP contribution is -2.34. The Morgan fingerprint density at radius 1 is 1.17 bits per heavy atom. The quantitative estimate of drug-likeness (QED) is 0.892. The molecule has 18 heavy (non-hydrogen) atoms. The molecule has 1 aromatic carbocycles. The monoisotopic (exact) mass is 249 g/mol. The summed E-state index contributed by atoms with van der Waals surface area (Å²) in [4.78, 5) is 0. The van der Waals surface area contributed by atoms with Crippen LogP contribution < -0.4 is 15.2 Å². The largest absolute Gasteiger partial charge is 0.497 e. The van der Waals surface area contributed by atoms with Crippen molar-refractivity contribution in [1.29, 1.82) is 0 Å². The first kappa shape index (κ1) is 13.2. The third-order valence-corrected chi connectivity index (χ3v) is 3.94. The van der Waals surface area contributed by atoms with Crippen LogP contribution in [0.25, 0.3) is 0 Å². The summed E-state index contributed by atoms with van der Waals surface area (Å²) in [6.07, 6.45) is 5.97. The molecule has 100 valence electrons. The highest BCUT2D eigenvalue weighted by Gasteiger charge is 2.23. The molecule has 0 bridgehead atoms. The van der Waals surface area contributed by atoms with E-state index in [4.69, 9.17) is 15.2 Å². The number of nitrogens with two attached hydrogens (primary N) is 1. The predicted molar refractivity (Wildman–Crippen MR) is 73.2 cm³/mol. The van der Waals surface area contributed by atoms with Gasteiger partial charge in [-0.05, 0) is 36.8 Å². The van der Waals surface area contributed by atoms with E-state index in [1.165, 1.54) is 24.8 Å². The molecule has 0 aromatic heterocycles. The molecule has 1 aliphatic rings. The van der Waals surface area contributed by atoms with E-state index < -0.39 is 0 Å². The second-order valence-corrected chi connectivity index (χ2v) is 5.09. The summed E-state index contributed by atoms with van der Waals surface area (Å²) in [6, 6.07) is 6.38. The van der Waals surface area contributed by atoms with Gasteiger partial charge in [-0.3, -0.25) is 0 Å². The van der Waals surface area contributed by atoms with Gasteiger partial charge < -0.3 is 15.2 Å². The first-order valence-electron chi connectivity index (χ1n) is 6.71. The summed E-state index contributed by atoms with van der Waals surface area (Å²) in [5.41, 5.74) is 7.45. The standard InChI is InChI=1S/C15H23NO2/c1-17-13-8-7-12(15(10-13)18-2)9-11-5-3-4-6-14(11)16/h7-8,10-11,14H,3-6,9,16H2,1-2H3. The third-order valence-electron chi connectivity index (χ3n) is 3.94. The average Bonchev–Trinajstić information content (AvgIpc) is 2.41. The molecular formula is C15H23NO2. The van der Waals surface area contributed by atoms with Crippen molar-refractivity contribution in [3.8, 4) is 11.5 Å². The Morgan fingerprint density at radius 3 is 2.61 bits per heavy atom. The highest BCUT2D eigenvalue weighted by atomic mass is 16.5. The summed E-state index contributed by atoms with van der Waals surface area (Å²) in [5, 5.41) is 0. The zero-order valence-electron chi connectivity index (χ0n) is 11.3. The second kappa shape index (κ2) is 6.10. The van der Waals surface area contributed by atoms with E-state index in [1.807, 2.05) is 12.1 Å². The molecule has 0 amide bonds. The van der Waals surface area contributed by atoms with Crippen molar-refractivity contribution in [2.45, 2.75) is 38.1 Å². The fraction of sp³-hybridized carbons (Fsp3) is 0.600. The lowest BCUT2D eigenvalue weighted by molar-refractivity contribution is 0.302. The Labute approximate surface area is 109 Å². The van der Waals surface area contributed by atoms with Crippen LogP contribution >= 0.6 is 0 Å². The number of hydrogen-bond donors (Lipinski definition) is 1. The van der Waals surface area contributed by atoms with Crippen LogP contribution in [0.5, 0.6) is 11.5 Å². The lowest BCUT2D eigenvalue weighted by atomic mass is 9.81. The highest BCUT2D eigenvalue weighted by Crippen LogP contribution is 2.31. The fourth-order valence-electron chi connectivity index (χ4n) is 2.79. The zero-order valence-corrected chi connectivity index (χ0v) is 11.3. The van der Waals surface area contributed by atoms with Gasteiger partial charge in [-0.2, -0.15) is 0 Å². The molecule has 0 spiro atoms. The Bertz CT molecular complexity index is 392. The molecule has 1 fully saturated rings. The SMILES string of the molecule is COc1ccc(CC2CCCCC2N)c(OC)c1. The maximum Gasteiger partial charge on any atom is 0.125 e. The highest BCUT2D eigenvalue weighted by molar-refractivity contribution is 5.41. The molecule has 1 aliphatic carbocycles. The van der Waals surface area contributed by atoms with Crippen molar-refractivity contribution >= 4 is 0 Å². The molecule has 0 heterocycles. The smallest absolute Gasteiger partial charge is 0.125 e. The van der Waals surface area contributed by atoms with E-state index in [2.05, 4.69) is 6.07 Å². The maximum atomic E-state index is 6.21. The van der Waals surface area contributed by atoms with Crippen LogP contribution in [0.3, 0.4) is 0 Å². The van der Waals surface area contributed by atoms with Crippen LogP contribution in [0, 0.1) is 5.92 Å². The number of methoxy groups -OCH3 is 2. The van der Waals surface area contributed by atoms with Gasteiger partial charge >= 0.3 is 0 Å². The van der Waals surface area contributed by atoms with Crippen LogP contribution in [-0.4, -0.2) is 20.3 Å². The van der Waals surface area contributed by atoms with Gasteiger partial charge in [0.15, 0.2) is 0 Å². The van der Waals surface area contributed by atoms with Crippen molar-refractivity contribution in [2.75, 3.05) is 14.2 Å². The van der Waals surface area contributed by atoms with Gasteiger partial charge in [-0.15, -0.1) is 0 Å². The molecular weight excluding hydrogens is 226 g/mol. The summed E-state index contributed by atoms with van der Waals surface area (Å²) in [6.45, 7) is 0. The van der Waals surface area contributed by atoms with Crippen molar-refractivity contribution in [3.05, 3.63) is 23.8 Å². The summed E-state index contributed by atoms with van der Waals surface area (Å²) >= 11 is 0. The number of rotatable bonds is 4. The molecule has 0 aliphatic heterocycles. The van der Waals surface area contributed by atoms with Gasteiger partial charge in [-0.25, -0.2) is 0 Å². The Morgan fingerprint density at radius 2 is 1.94 bits per heavy atom. The Kier molecular flexibility index (Phi) is 4.48. The van der Waals surface area contributed by atoms with E-state index >= 15 is 0 Å². The molecule has 3 nitrogen and oxygen atoms in total. The van der Waals surface area contributed by atoms with Gasteiger partial charge in [0.2, 0.25) is 0 Å². The zero-order chi connectivity index (χ0) is 13.0. The summed E-state index contributed by atoms with van der Waals surface area (Å²) < 4.78 is 10.7. The van der Waals surface area contributed by atoms with Crippen LogP contribution in [0.1, 0.15) is 31.2 Å². The third kappa shape index (κ3) is 2.96. The normalized spacial score (nSPS) is 23.7. The minimum atomic E-state index is 0.338. The Balaban J connectivity index is 2.12. The molecule has 1 saturated carbocycles. The first-order valence-corrected chi connectivity index (χ1v) is 6.71. The van der Waals surface area contributed by atoms with E-state index in [0.717, 1.165) is 24.3 Å². The number of ether oxygens (including phenoxy) is 2. The molecule has 2 atom stereocenters. The molecule has 1 aromatic rings. The van der Waals surface area contributed by atoms with E-state index in [-0.39, 0.29) is 0 Å². The van der Waals surface area contributed by atoms with Crippen LogP contribution in [0.4, 0.5) is 0 Å².